The van der Waals surface area contributed by atoms with Gasteiger partial charge in [0, 0.05) is 5.56 Å². The number of carboxylic acid groups (broad SMARTS) is 1. The Balaban J connectivity index is 2.10. The second-order valence-electron chi connectivity index (χ2n) is 4.23. The minimum absolute atomic E-state index is 0.145. The molecule has 21 heavy (non-hydrogen) atoms. The molecular formula is C16H15NO4. The van der Waals surface area contributed by atoms with Gasteiger partial charge in [0.25, 0.3) is 0 Å². The van der Waals surface area contributed by atoms with E-state index in [1.54, 1.807) is 31.4 Å². The van der Waals surface area contributed by atoms with E-state index in [1.165, 1.54) is 0 Å². The number of benzene rings is 2. The number of rotatable bonds is 6. The van der Waals surface area contributed by atoms with Gasteiger partial charge < -0.3 is 14.7 Å². The highest BCUT2D eigenvalue weighted by Gasteiger charge is 2.13. The molecule has 0 unspecified atom stereocenters. The minimum atomic E-state index is -1.15. The molecule has 0 aliphatic rings. The smallest absolute Gasteiger partial charge is 0.358 e. The number of oxime groups is 1. The van der Waals surface area contributed by atoms with Crippen LogP contribution in [0, 0.1) is 0 Å². The Kier molecular flexibility index (Phi) is 4.93. The van der Waals surface area contributed by atoms with Gasteiger partial charge in [-0.1, -0.05) is 35.5 Å². The standard InChI is InChI=1S/C16H15NO4/c1-20-14-9-7-13(8-10-14)15(16(18)19)17-21-11-12-5-3-2-4-6-12/h2-10H,11H2,1H3,(H,18,19)/b17-15+. The molecular weight excluding hydrogens is 270 g/mol. The zero-order valence-electron chi connectivity index (χ0n) is 11.5. The van der Waals surface area contributed by atoms with E-state index in [4.69, 9.17) is 9.57 Å². The van der Waals surface area contributed by atoms with Crippen LogP contribution in [-0.2, 0) is 16.2 Å². The van der Waals surface area contributed by atoms with E-state index in [0.29, 0.717) is 11.3 Å². The van der Waals surface area contributed by atoms with Crippen LogP contribution in [0.1, 0.15) is 11.1 Å². The summed E-state index contributed by atoms with van der Waals surface area (Å²) in [6, 6.07) is 16.0. The summed E-state index contributed by atoms with van der Waals surface area (Å²) in [6.07, 6.45) is 0. The second kappa shape index (κ2) is 7.09. The van der Waals surface area contributed by atoms with Gasteiger partial charge in [-0.25, -0.2) is 4.79 Å². The van der Waals surface area contributed by atoms with Gasteiger partial charge in [-0.05, 0) is 29.8 Å². The third kappa shape index (κ3) is 4.07. The largest absolute Gasteiger partial charge is 0.497 e. The summed E-state index contributed by atoms with van der Waals surface area (Å²) in [7, 11) is 1.55. The van der Waals surface area contributed by atoms with Crippen LogP contribution in [0.15, 0.2) is 59.8 Å². The van der Waals surface area contributed by atoms with E-state index in [2.05, 4.69) is 5.16 Å². The molecule has 0 heterocycles. The molecule has 0 saturated heterocycles. The van der Waals surface area contributed by atoms with Crippen LogP contribution in [0.4, 0.5) is 0 Å². The molecule has 0 spiro atoms. The second-order valence-corrected chi connectivity index (χ2v) is 4.23. The lowest BCUT2D eigenvalue weighted by Gasteiger charge is -2.04. The summed E-state index contributed by atoms with van der Waals surface area (Å²) in [5.41, 5.74) is 1.23. The van der Waals surface area contributed by atoms with E-state index in [9.17, 15) is 9.90 Å². The van der Waals surface area contributed by atoms with Crippen molar-refractivity contribution in [2.24, 2.45) is 5.16 Å². The maximum Gasteiger partial charge on any atom is 0.358 e. The minimum Gasteiger partial charge on any atom is -0.497 e. The van der Waals surface area contributed by atoms with Gasteiger partial charge in [-0.3, -0.25) is 0 Å². The molecule has 1 N–H and O–H groups in total. The van der Waals surface area contributed by atoms with Crippen molar-refractivity contribution < 1.29 is 19.5 Å². The predicted molar refractivity (Wildman–Crippen MR) is 78.4 cm³/mol. The SMILES string of the molecule is COc1ccc(/C(=N\OCc2ccccc2)C(=O)O)cc1. The molecule has 0 bridgehead atoms. The molecule has 5 nitrogen and oxygen atoms in total. The normalized spacial score (nSPS) is 11.0. The number of hydrogen-bond acceptors (Lipinski definition) is 4. The Labute approximate surface area is 122 Å². The van der Waals surface area contributed by atoms with Crippen LogP contribution in [0.3, 0.4) is 0 Å². The summed E-state index contributed by atoms with van der Waals surface area (Å²) in [6.45, 7) is 0.216. The maximum atomic E-state index is 11.3. The van der Waals surface area contributed by atoms with Crippen LogP contribution in [0.5, 0.6) is 5.75 Å². The summed E-state index contributed by atoms with van der Waals surface area (Å²) in [5.74, 6) is -0.498. The first-order chi connectivity index (χ1) is 10.2. The maximum absolute atomic E-state index is 11.3. The van der Waals surface area contributed by atoms with Gasteiger partial charge >= 0.3 is 5.97 Å². The van der Waals surface area contributed by atoms with Gasteiger partial charge in [0.15, 0.2) is 5.71 Å². The first-order valence-electron chi connectivity index (χ1n) is 6.32. The summed E-state index contributed by atoms with van der Waals surface area (Å²) >= 11 is 0. The predicted octanol–water partition coefficient (Wildman–Crippen LogP) is 2.70. The Hall–Kier alpha value is -2.82. The van der Waals surface area contributed by atoms with Crippen LogP contribution in [-0.4, -0.2) is 23.9 Å². The molecule has 108 valence electrons. The van der Waals surface area contributed by atoms with Gasteiger partial charge in [-0.15, -0.1) is 0 Å². The summed E-state index contributed by atoms with van der Waals surface area (Å²) < 4.78 is 5.03. The summed E-state index contributed by atoms with van der Waals surface area (Å²) in [4.78, 5) is 16.4. The van der Waals surface area contributed by atoms with Crippen LogP contribution >= 0.6 is 0 Å². The van der Waals surface area contributed by atoms with Crippen LogP contribution in [0.25, 0.3) is 0 Å². The number of ether oxygens (including phenoxy) is 1. The van der Waals surface area contributed by atoms with Gasteiger partial charge in [-0.2, -0.15) is 0 Å². The number of hydrogen-bond donors (Lipinski definition) is 1. The fraction of sp³-hybridized carbons (Fsp3) is 0.125. The highest BCUT2D eigenvalue weighted by atomic mass is 16.6. The number of nitrogens with zero attached hydrogens (tertiary/aromatic N) is 1. The molecule has 2 aromatic rings. The molecule has 0 fully saturated rings. The summed E-state index contributed by atoms with van der Waals surface area (Å²) in [5, 5.41) is 12.9. The third-order valence-corrected chi connectivity index (χ3v) is 2.80. The van der Waals surface area contributed by atoms with E-state index in [1.807, 2.05) is 30.3 Å². The molecule has 5 heteroatoms. The van der Waals surface area contributed by atoms with E-state index in [0.717, 1.165) is 5.56 Å². The molecule has 0 aliphatic carbocycles. The fourth-order valence-corrected chi connectivity index (χ4v) is 1.71. The number of carbonyl (C=O) groups is 1. The quantitative estimate of drug-likeness (QED) is 0.654. The molecule has 2 rings (SSSR count). The lowest BCUT2D eigenvalue weighted by molar-refractivity contribution is -0.129. The molecule has 0 aliphatic heterocycles. The van der Waals surface area contributed by atoms with Crippen molar-refractivity contribution in [2.45, 2.75) is 6.61 Å². The van der Waals surface area contributed by atoms with Crippen molar-refractivity contribution in [3.63, 3.8) is 0 Å². The lowest BCUT2D eigenvalue weighted by Crippen LogP contribution is -2.15. The molecule has 2 aromatic carbocycles. The first kappa shape index (κ1) is 14.6. The molecule has 0 radical (unpaired) electrons. The van der Waals surface area contributed by atoms with Crippen molar-refractivity contribution in [1.29, 1.82) is 0 Å². The van der Waals surface area contributed by atoms with Gasteiger partial charge in [0.2, 0.25) is 0 Å². The highest BCUT2D eigenvalue weighted by Crippen LogP contribution is 2.12. The molecule has 0 amide bonds. The Morgan fingerprint density at radius 3 is 2.33 bits per heavy atom. The first-order valence-corrected chi connectivity index (χ1v) is 6.32. The number of aliphatic carboxylic acids is 1. The molecule has 0 aromatic heterocycles. The average molecular weight is 285 g/mol. The number of methoxy groups -OCH3 is 1. The van der Waals surface area contributed by atoms with Gasteiger partial charge in [0.05, 0.1) is 7.11 Å². The van der Waals surface area contributed by atoms with E-state index < -0.39 is 5.97 Å². The van der Waals surface area contributed by atoms with Crippen molar-refractivity contribution in [2.75, 3.05) is 7.11 Å². The fourth-order valence-electron chi connectivity index (χ4n) is 1.71. The zero-order chi connectivity index (χ0) is 15.1. The highest BCUT2D eigenvalue weighted by molar-refractivity contribution is 6.42. The molecule has 0 atom stereocenters. The third-order valence-electron chi connectivity index (χ3n) is 2.80. The zero-order valence-corrected chi connectivity index (χ0v) is 11.5. The Bertz CT molecular complexity index is 620. The van der Waals surface area contributed by atoms with Crippen molar-refractivity contribution in [1.82, 2.24) is 0 Å². The van der Waals surface area contributed by atoms with Crippen molar-refractivity contribution in [3.05, 3.63) is 65.7 Å². The van der Waals surface area contributed by atoms with Crippen molar-refractivity contribution in [3.8, 4) is 5.75 Å². The van der Waals surface area contributed by atoms with Crippen molar-refractivity contribution >= 4 is 11.7 Å². The topological polar surface area (TPSA) is 68.1 Å². The van der Waals surface area contributed by atoms with Gasteiger partial charge in [0.1, 0.15) is 12.4 Å². The van der Waals surface area contributed by atoms with E-state index in [-0.39, 0.29) is 12.3 Å². The van der Waals surface area contributed by atoms with Crippen LogP contribution in [0.2, 0.25) is 0 Å². The average Bonchev–Trinajstić information content (AvgIpc) is 2.52. The Morgan fingerprint density at radius 2 is 1.76 bits per heavy atom. The molecule has 0 saturated carbocycles. The van der Waals surface area contributed by atoms with Crippen LogP contribution < -0.4 is 4.74 Å². The monoisotopic (exact) mass is 285 g/mol. The van der Waals surface area contributed by atoms with E-state index >= 15 is 0 Å². The number of carboxylic acids is 1. The Morgan fingerprint density at radius 1 is 1.10 bits per heavy atom. The lowest BCUT2D eigenvalue weighted by atomic mass is 10.1.